The van der Waals surface area contributed by atoms with Crippen molar-refractivity contribution < 1.29 is 22.7 Å². The summed E-state index contributed by atoms with van der Waals surface area (Å²) < 4.78 is 27.3. The number of allylic oxidation sites excluding steroid dienone is 1. The van der Waals surface area contributed by atoms with E-state index in [1.807, 2.05) is 13.8 Å². The van der Waals surface area contributed by atoms with Gasteiger partial charge in [0.15, 0.2) is 16.4 Å². The van der Waals surface area contributed by atoms with Gasteiger partial charge in [-0.15, -0.1) is 0 Å². The zero-order valence-electron chi connectivity index (χ0n) is 12.4. The SMILES string of the molecule is C=C(C)CN(CC)C(=O)COC(=O)CC1C=CS(=O)(=O)C1. The van der Waals surface area contributed by atoms with Crippen LogP contribution in [0.3, 0.4) is 0 Å². The number of hydrogen-bond acceptors (Lipinski definition) is 5. The minimum Gasteiger partial charge on any atom is -0.456 e. The van der Waals surface area contributed by atoms with E-state index in [-0.39, 0.29) is 30.6 Å². The highest BCUT2D eigenvalue weighted by molar-refractivity contribution is 7.94. The molecule has 1 amide bonds. The van der Waals surface area contributed by atoms with Crippen molar-refractivity contribution in [2.75, 3.05) is 25.4 Å². The summed E-state index contributed by atoms with van der Waals surface area (Å²) >= 11 is 0. The minimum absolute atomic E-state index is 0.0321. The Bertz CT molecular complexity index is 550. The van der Waals surface area contributed by atoms with E-state index in [0.29, 0.717) is 13.1 Å². The van der Waals surface area contributed by atoms with Gasteiger partial charge in [-0.05, 0) is 13.8 Å². The molecule has 0 aromatic rings. The molecule has 0 aromatic heterocycles. The quantitative estimate of drug-likeness (QED) is 0.515. The van der Waals surface area contributed by atoms with Gasteiger partial charge >= 0.3 is 5.97 Å². The van der Waals surface area contributed by atoms with Crippen molar-refractivity contribution in [1.82, 2.24) is 4.90 Å². The molecule has 1 aliphatic heterocycles. The number of sulfone groups is 1. The van der Waals surface area contributed by atoms with Crippen LogP contribution in [0.15, 0.2) is 23.6 Å². The summed E-state index contributed by atoms with van der Waals surface area (Å²) in [5.74, 6) is -1.30. The lowest BCUT2D eigenvalue weighted by Gasteiger charge is -2.20. The minimum atomic E-state index is -3.18. The maximum absolute atomic E-state index is 11.9. The molecule has 0 saturated heterocycles. The Morgan fingerprint density at radius 1 is 1.43 bits per heavy atom. The van der Waals surface area contributed by atoms with Crippen molar-refractivity contribution in [2.45, 2.75) is 20.3 Å². The number of carbonyl (C=O) groups is 2. The third-order valence-corrected chi connectivity index (χ3v) is 4.45. The van der Waals surface area contributed by atoms with Gasteiger partial charge in [-0.1, -0.05) is 18.2 Å². The Kier molecular flexibility index (Phi) is 6.14. The molecule has 1 rings (SSSR count). The maximum Gasteiger partial charge on any atom is 0.306 e. The second kappa shape index (κ2) is 7.40. The summed E-state index contributed by atoms with van der Waals surface area (Å²) in [6, 6.07) is 0. The third-order valence-electron chi connectivity index (χ3n) is 2.99. The molecule has 0 N–H and O–H groups in total. The smallest absolute Gasteiger partial charge is 0.306 e. The fourth-order valence-corrected chi connectivity index (χ4v) is 3.37. The van der Waals surface area contributed by atoms with Gasteiger partial charge < -0.3 is 9.64 Å². The molecular formula is C14H21NO5S. The van der Waals surface area contributed by atoms with Crippen LogP contribution in [0, 0.1) is 5.92 Å². The van der Waals surface area contributed by atoms with E-state index >= 15 is 0 Å². The van der Waals surface area contributed by atoms with Crippen LogP contribution in [0.4, 0.5) is 0 Å². The molecule has 0 radical (unpaired) electrons. The van der Waals surface area contributed by atoms with Gasteiger partial charge in [-0.2, -0.15) is 0 Å². The maximum atomic E-state index is 11.9. The normalized spacial score (nSPS) is 19.2. The lowest BCUT2D eigenvalue weighted by molar-refractivity contribution is -0.152. The first-order valence-electron chi connectivity index (χ1n) is 6.72. The number of ether oxygens (including phenoxy) is 1. The Morgan fingerprint density at radius 3 is 2.57 bits per heavy atom. The van der Waals surface area contributed by atoms with E-state index in [9.17, 15) is 18.0 Å². The molecular weight excluding hydrogens is 294 g/mol. The van der Waals surface area contributed by atoms with Gasteiger partial charge in [0, 0.05) is 24.4 Å². The molecule has 0 bridgehead atoms. The van der Waals surface area contributed by atoms with Crippen molar-refractivity contribution in [3.8, 4) is 0 Å². The summed E-state index contributed by atoms with van der Waals surface area (Å²) in [6.45, 7) is 7.98. The van der Waals surface area contributed by atoms with E-state index in [0.717, 1.165) is 11.0 Å². The van der Waals surface area contributed by atoms with Crippen LogP contribution in [-0.2, 0) is 24.2 Å². The molecule has 118 valence electrons. The van der Waals surface area contributed by atoms with Gasteiger partial charge in [0.05, 0.1) is 12.2 Å². The molecule has 7 heteroatoms. The summed E-state index contributed by atoms with van der Waals surface area (Å²) in [4.78, 5) is 25.0. The van der Waals surface area contributed by atoms with Gasteiger partial charge in [0.1, 0.15) is 0 Å². The first-order chi connectivity index (χ1) is 9.73. The van der Waals surface area contributed by atoms with Crippen LogP contribution in [0.1, 0.15) is 20.3 Å². The summed E-state index contributed by atoms with van der Waals surface area (Å²) in [7, 11) is -3.18. The van der Waals surface area contributed by atoms with E-state index in [1.165, 1.54) is 11.0 Å². The number of likely N-dealkylation sites (N-methyl/N-ethyl adjacent to an activating group) is 1. The number of hydrogen-bond donors (Lipinski definition) is 0. The molecule has 6 nitrogen and oxygen atoms in total. The lowest BCUT2D eigenvalue weighted by atomic mass is 10.1. The van der Waals surface area contributed by atoms with Crippen LogP contribution in [0.5, 0.6) is 0 Å². The Hall–Kier alpha value is -1.63. The first-order valence-corrected chi connectivity index (χ1v) is 8.43. The Morgan fingerprint density at radius 2 is 2.10 bits per heavy atom. The molecule has 1 atom stereocenters. The first kappa shape index (κ1) is 17.4. The molecule has 1 unspecified atom stereocenters. The highest BCUT2D eigenvalue weighted by atomic mass is 32.2. The van der Waals surface area contributed by atoms with Gasteiger partial charge in [0.25, 0.3) is 5.91 Å². The van der Waals surface area contributed by atoms with E-state index in [2.05, 4.69) is 6.58 Å². The Labute approximate surface area is 125 Å². The molecule has 0 saturated carbocycles. The number of nitrogens with zero attached hydrogens (tertiary/aromatic N) is 1. The highest BCUT2D eigenvalue weighted by Crippen LogP contribution is 2.18. The zero-order chi connectivity index (χ0) is 16.0. The van der Waals surface area contributed by atoms with E-state index in [1.54, 1.807) is 0 Å². The van der Waals surface area contributed by atoms with Crippen LogP contribution in [0.2, 0.25) is 0 Å². The molecule has 21 heavy (non-hydrogen) atoms. The second-order valence-corrected chi connectivity index (χ2v) is 7.08. The average Bonchev–Trinajstić information content (AvgIpc) is 2.72. The molecule has 0 aromatic carbocycles. The van der Waals surface area contributed by atoms with Gasteiger partial charge in [-0.3, -0.25) is 9.59 Å². The fourth-order valence-electron chi connectivity index (χ4n) is 1.98. The second-order valence-electron chi connectivity index (χ2n) is 5.15. The molecule has 0 spiro atoms. The summed E-state index contributed by atoms with van der Waals surface area (Å²) in [5, 5.41) is 1.11. The molecule has 0 fully saturated rings. The van der Waals surface area contributed by atoms with Crippen molar-refractivity contribution in [1.29, 1.82) is 0 Å². The van der Waals surface area contributed by atoms with E-state index < -0.39 is 15.8 Å². The largest absolute Gasteiger partial charge is 0.456 e. The average molecular weight is 315 g/mol. The van der Waals surface area contributed by atoms with Crippen molar-refractivity contribution >= 4 is 21.7 Å². The topological polar surface area (TPSA) is 80.8 Å². The third kappa shape index (κ3) is 6.12. The number of carbonyl (C=O) groups excluding carboxylic acids is 2. The fraction of sp³-hybridized carbons (Fsp3) is 0.571. The number of esters is 1. The van der Waals surface area contributed by atoms with Crippen LogP contribution in [0.25, 0.3) is 0 Å². The highest BCUT2D eigenvalue weighted by Gasteiger charge is 2.25. The monoisotopic (exact) mass is 315 g/mol. The van der Waals surface area contributed by atoms with Crippen molar-refractivity contribution in [3.63, 3.8) is 0 Å². The van der Waals surface area contributed by atoms with Crippen LogP contribution < -0.4 is 0 Å². The number of amides is 1. The molecule has 0 aliphatic carbocycles. The standard InChI is InChI=1S/C14H21NO5S/c1-4-15(8-11(2)3)13(16)9-20-14(17)7-12-5-6-21(18,19)10-12/h5-6,12H,2,4,7-10H2,1,3H3. The van der Waals surface area contributed by atoms with Crippen LogP contribution >= 0.6 is 0 Å². The van der Waals surface area contributed by atoms with E-state index in [4.69, 9.17) is 4.74 Å². The predicted octanol–water partition coefficient (Wildman–Crippen LogP) is 0.903. The Balaban J connectivity index is 2.37. The van der Waals surface area contributed by atoms with Crippen molar-refractivity contribution in [2.24, 2.45) is 5.92 Å². The van der Waals surface area contributed by atoms with Crippen molar-refractivity contribution in [3.05, 3.63) is 23.6 Å². The van der Waals surface area contributed by atoms with Gasteiger partial charge in [0.2, 0.25) is 0 Å². The lowest BCUT2D eigenvalue weighted by Crippen LogP contribution is -2.35. The summed E-state index contributed by atoms with van der Waals surface area (Å²) in [5.41, 5.74) is 0.845. The predicted molar refractivity (Wildman–Crippen MR) is 79.1 cm³/mol. The molecule has 1 heterocycles. The zero-order valence-corrected chi connectivity index (χ0v) is 13.2. The van der Waals surface area contributed by atoms with Crippen LogP contribution in [-0.4, -0.2) is 50.6 Å². The summed E-state index contributed by atoms with van der Waals surface area (Å²) in [6.07, 6.45) is 1.45. The van der Waals surface area contributed by atoms with Gasteiger partial charge in [-0.25, -0.2) is 8.42 Å². The molecule has 1 aliphatic rings. The number of rotatable bonds is 7.